The third-order valence-corrected chi connectivity index (χ3v) is 4.55. The van der Waals surface area contributed by atoms with Gasteiger partial charge in [0.25, 0.3) is 0 Å². The lowest BCUT2D eigenvalue weighted by Gasteiger charge is -2.23. The molecule has 0 aromatic rings. The van der Waals surface area contributed by atoms with Gasteiger partial charge in [0.15, 0.2) is 0 Å². The molecule has 0 spiro atoms. The van der Waals surface area contributed by atoms with E-state index < -0.39 is 0 Å². The first-order chi connectivity index (χ1) is 9.58. The van der Waals surface area contributed by atoms with Crippen molar-refractivity contribution >= 4 is 0 Å². The Labute approximate surface area is 128 Å². The van der Waals surface area contributed by atoms with Crippen molar-refractivity contribution in [2.24, 2.45) is 5.92 Å². The molecule has 0 unspecified atom stereocenters. The molecule has 0 saturated heterocycles. The summed E-state index contributed by atoms with van der Waals surface area (Å²) in [5.41, 5.74) is 0. The molecule has 1 nitrogen and oxygen atoms in total. The van der Waals surface area contributed by atoms with Crippen molar-refractivity contribution in [2.45, 2.75) is 77.0 Å². The molecule has 0 atom stereocenters. The fourth-order valence-corrected chi connectivity index (χ4v) is 3.17. The van der Waals surface area contributed by atoms with Crippen molar-refractivity contribution in [3.05, 3.63) is 12.2 Å². The highest BCUT2D eigenvalue weighted by Gasteiger charge is 2.08. The van der Waals surface area contributed by atoms with Gasteiger partial charge < -0.3 is 4.48 Å². The average Bonchev–Trinajstić information content (AvgIpc) is 2.87. The molecule has 0 radical (unpaired) electrons. The predicted octanol–water partition coefficient (Wildman–Crippen LogP) is 5.56. The molecule has 1 aliphatic rings. The van der Waals surface area contributed by atoms with Crippen molar-refractivity contribution in [2.75, 3.05) is 27.7 Å². The van der Waals surface area contributed by atoms with Crippen LogP contribution in [0.25, 0.3) is 0 Å². The number of rotatable bonds is 12. The zero-order chi connectivity index (χ0) is 14.7. The molecule has 0 aromatic carbocycles. The molecule has 1 heteroatoms. The molecule has 1 aliphatic carbocycles. The minimum absolute atomic E-state index is 0.996. The second kappa shape index (κ2) is 10.4. The first-order valence-corrected chi connectivity index (χ1v) is 9.03. The lowest BCUT2D eigenvalue weighted by Crippen LogP contribution is -2.35. The molecule has 0 bridgehead atoms. The van der Waals surface area contributed by atoms with Crippen LogP contribution in [-0.4, -0.2) is 32.2 Å². The van der Waals surface area contributed by atoms with Crippen molar-refractivity contribution in [1.29, 1.82) is 0 Å². The smallest absolute Gasteiger partial charge is 0.0780 e. The van der Waals surface area contributed by atoms with Gasteiger partial charge in [0, 0.05) is 0 Å². The van der Waals surface area contributed by atoms with E-state index in [0.29, 0.717) is 0 Å². The highest BCUT2D eigenvalue weighted by molar-refractivity contribution is 4.93. The van der Waals surface area contributed by atoms with E-state index in [1.54, 1.807) is 0 Å². The topological polar surface area (TPSA) is 0 Å². The Hall–Kier alpha value is -0.300. The van der Waals surface area contributed by atoms with Crippen molar-refractivity contribution < 1.29 is 4.48 Å². The molecule has 1 rings (SSSR count). The average molecular weight is 281 g/mol. The van der Waals surface area contributed by atoms with E-state index in [1.165, 1.54) is 83.6 Å². The summed E-state index contributed by atoms with van der Waals surface area (Å²) in [6, 6.07) is 0. The summed E-state index contributed by atoms with van der Waals surface area (Å²) in [5, 5.41) is 0. The second-order valence-electron chi connectivity index (χ2n) is 7.79. The minimum atomic E-state index is 0.996. The molecule has 0 fully saturated rings. The van der Waals surface area contributed by atoms with Gasteiger partial charge in [-0.3, -0.25) is 0 Å². The molecule has 0 N–H and O–H groups in total. The number of hydrogen-bond donors (Lipinski definition) is 0. The van der Waals surface area contributed by atoms with Crippen LogP contribution >= 0.6 is 0 Å². The number of hydrogen-bond acceptors (Lipinski definition) is 0. The van der Waals surface area contributed by atoms with Crippen LogP contribution in [0.1, 0.15) is 77.0 Å². The van der Waals surface area contributed by atoms with Gasteiger partial charge in [-0.25, -0.2) is 0 Å². The summed E-state index contributed by atoms with van der Waals surface area (Å²) < 4.78 is 1.12. The van der Waals surface area contributed by atoms with Gasteiger partial charge in [-0.1, -0.05) is 57.1 Å². The molecular weight excluding hydrogens is 242 g/mol. The molecule has 118 valence electrons. The Kier molecular flexibility index (Phi) is 9.26. The lowest BCUT2D eigenvalue weighted by atomic mass is 9.98. The van der Waals surface area contributed by atoms with Crippen LogP contribution in [0, 0.1) is 5.92 Å². The molecular formula is C19H38N+. The number of unbranched alkanes of at least 4 members (excludes halogenated alkanes) is 8. The van der Waals surface area contributed by atoms with Crippen molar-refractivity contribution in [3.8, 4) is 0 Å². The fourth-order valence-electron chi connectivity index (χ4n) is 3.17. The standard InChI is InChI=1S/C19H38N/c1-20(2,3)18-14-10-8-6-4-5-7-9-11-15-19-16-12-13-17-19/h12-13,19H,4-11,14-18H2,1-3H3/q+1. The molecule has 0 aliphatic heterocycles. The normalized spacial score (nSPS) is 16.1. The number of allylic oxidation sites excluding steroid dienone is 2. The van der Waals surface area contributed by atoms with Crippen LogP contribution in [0.4, 0.5) is 0 Å². The molecule has 0 heterocycles. The van der Waals surface area contributed by atoms with Gasteiger partial charge >= 0.3 is 0 Å². The van der Waals surface area contributed by atoms with Gasteiger partial charge in [-0.05, 0) is 38.0 Å². The second-order valence-corrected chi connectivity index (χ2v) is 7.79. The van der Waals surface area contributed by atoms with E-state index in [9.17, 15) is 0 Å². The zero-order valence-corrected chi connectivity index (χ0v) is 14.4. The largest absolute Gasteiger partial charge is 0.331 e. The highest BCUT2D eigenvalue weighted by atomic mass is 15.3. The third-order valence-electron chi connectivity index (χ3n) is 4.55. The first-order valence-electron chi connectivity index (χ1n) is 9.03. The Bertz CT molecular complexity index is 241. The molecule has 0 aromatic heterocycles. The maximum atomic E-state index is 2.36. The van der Waals surface area contributed by atoms with Gasteiger partial charge in [0.2, 0.25) is 0 Å². The van der Waals surface area contributed by atoms with Gasteiger partial charge in [0.05, 0.1) is 27.7 Å². The van der Waals surface area contributed by atoms with Gasteiger partial charge in [0.1, 0.15) is 0 Å². The third kappa shape index (κ3) is 10.5. The Balaban J connectivity index is 1.72. The van der Waals surface area contributed by atoms with Crippen LogP contribution in [0.5, 0.6) is 0 Å². The summed E-state index contributed by atoms with van der Waals surface area (Å²) in [5.74, 6) is 0.996. The van der Waals surface area contributed by atoms with Crippen LogP contribution < -0.4 is 0 Å². The first kappa shape index (κ1) is 17.8. The van der Waals surface area contributed by atoms with Gasteiger partial charge in [-0.15, -0.1) is 0 Å². The summed E-state index contributed by atoms with van der Waals surface area (Å²) >= 11 is 0. The van der Waals surface area contributed by atoms with E-state index in [0.717, 1.165) is 10.4 Å². The lowest BCUT2D eigenvalue weighted by molar-refractivity contribution is -0.870. The van der Waals surface area contributed by atoms with E-state index in [1.807, 2.05) is 0 Å². The predicted molar refractivity (Wildman–Crippen MR) is 90.9 cm³/mol. The van der Waals surface area contributed by atoms with Crippen LogP contribution in [-0.2, 0) is 0 Å². The summed E-state index contributed by atoms with van der Waals surface area (Å²) in [7, 11) is 6.88. The fraction of sp³-hybridized carbons (Fsp3) is 0.895. The molecule has 0 amide bonds. The maximum absolute atomic E-state index is 2.36. The van der Waals surface area contributed by atoms with Gasteiger partial charge in [-0.2, -0.15) is 0 Å². The number of quaternary nitrogens is 1. The quantitative estimate of drug-likeness (QED) is 0.249. The molecule has 20 heavy (non-hydrogen) atoms. The summed E-state index contributed by atoms with van der Waals surface area (Å²) in [6.07, 6.45) is 22.0. The van der Waals surface area contributed by atoms with Crippen molar-refractivity contribution in [1.82, 2.24) is 0 Å². The maximum Gasteiger partial charge on any atom is 0.0780 e. The number of nitrogens with zero attached hydrogens (tertiary/aromatic N) is 1. The van der Waals surface area contributed by atoms with E-state index in [4.69, 9.17) is 0 Å². The Morgan fingerprint density at radius 2 is 1.15 bits per heavy atom. The monoisotopic (exact) mass is 280 g/mol. The van der Waals surface area contributed by atoms with Crippen LogP contribution in [0.15, 0.2) is 12.2 Å². The van der Waals surface area contributed by atoms with Crippen LogP contribution in [0.3, 0.4) is 0 Å². The van der Waals surface area contributed by atoms with E-state index in [-0.39, 0.29) is 0 Å². The summed E-state index contributed by atoms with van der Waals surface area (Å²) in [4.78, 5) is 0. The van der Waals surface area contributed by atoms with Crippen LogP contribution in [0.2, 0.25) is 0 Å². The molecule has 0 saturated carbocycles. The highest BCUT2D eigenvalue weighted by Crippen LogP contribution is 2.24. The zero-order valence-electron chi connectivity index (χ0n) is 14.4. The Morgan fingerprint density at radius 1 is 0.700 bits per heavy atom. The van der Waals surface area contributed by atoms with E-state index in [2.05, 4.69) is 33.3 Å². The Morgan fingerprint density at radius 3 is 1.65 bits per heavy atom. The van der Waals surface area contributed by atoms with Crippen molar-refractivity contribution in [3.63, 3.8) is 0 Å². The summed E-state index contributed by atoms with van der Waals surface area (Å²) in [6.45, 7) is 1.33. The van der Waals surface area contributed by atoms with E-state index >= 15 is 0 Å². The SMILES string of the molecule is C[N+](C)(C)CCCCCCCCCCCC1CC=CC1. The minimum Gasteiger partial charge on any atom is -0.331 e.